The molecule has 0 nitrogen and oxygen atoms in total. The zero-order chi connectivity index (χ0) is 35.4. The van der Waals surface area contributed by atoms with Crippen LogP contribution in [0.5, 0.6) is 0 Å². The summed E-state index contributed by atoms with van der Waals surface area (Å²) in [7, 11) is 0. The molecule has 8 aromatic rings. The first-order valence-corrected chi connectivity index (χ1v) is 18.5. The van der Waals surface area contributed by atoms with E-state index in [0.717, 1.165) is 0 Å². The van der Waals surface area contributed by atoms with Crippen molar-refractivity contribution >= 4 is 32.3 Å². The average Bonchev–Trinajstić information content (AvgIpc) is 3.35. The minimum atomic E-state index is -0.0107. The zero-order valence-corrected chi connectivity index (χ0v) is 31.2. The van der Waals surface area contributed by atoms with Gasteiger partial charge in [-0.05, 0) is 122 Å². The fourth-order valence-corrected chi connectivity index (χ4v) is 8.80. The number of rotatable bonds is 3. The molecule has 0 amide bonds. The Hall–Kier alpha value is -5.20. The lowest BCUT2D eigenvalue weighted by atomic mass is 9.77. The fraction of sp³-hybridized carbons (Fsp3) is 0.216. The van der Waals surface area contributed by atoms with Crippen molar-refractivity contribution in [1.29, 1.82) is 0 Å². The lowest BCUT2D eigenvalue weighted by Crippen LogP contribution is -2.14. The minimum absolute atomic E-state index is 0.000961. The molecule has 0 unspecified atom stereocenters. The van der Waals surface area contributed by atoms with Crippen LogP contribution in [0.1, 0.15) is 77.6 Å². The highest BCUT2D eigenvalue weighted by molar-refractivity contribution is 6.26. The Balaban J connectivity index is 1.09. The van der Waals surface area contributed by atoms with Crippen LogP contribution in [0.2, 0.25) is 0 Å². The number of fused-ring (bicyclic) bond motifs is 3. The largest absolute Gasteiger partial charge is 0.0619 e. The standard InChI is InChI=1S/C51H46/c1-49(2,3)39-27-36-21-22-38-30-45(50(4,5)6)47(42-26-24-37(28-39)46(36)48(38)42)34-19-17-32(18-20-34)31-13-15-33(16-14-31)35-23-25-41-40-11-9-10-12-43(40)51(7,8)44(41)29-35/h9-30H,1-8H3. The Labute approximate surface area is 303 Å². The monoisotopic (exact) mass is 658 g/mol. The van der Waals surface area contributed by atoms with E-state index in [1.165, 1.54) is 99.1 Å². The summed E-state index contributed by atoms with van der Waals surface area (Å²) in [6, 6.07) is 50.9. The molecule has 250 valence electrons. The first kappa shape index (κ1) is 31.8. The Morgan fingerprint density at radius 2 is 0.922 bits per heavy atom. The van der Waals surface area contributed by atoms with Crippen LogP contribution in [-0.4, -0.2) is 0 Å². The molecular weight excluding hydrogens is 613 g/mol. The van der Waals surface area contributed by atoms with E-state index in [2.05, 4.69) is 189 Å². The van der Waals surface area contributed by atoms with Crippen molar-refractivity contribution in [3.63, 3.8) is 0 Å². The molecule has 0 heteroatoms. The molecule has 51 heavy (non-hydrogen) atoms. The molecule has 0 spiro atoms. The van der Waals surface area contributed by atoms with Gasteiger partial charge in [0.05, 0.1) is 0 Å². The summed E-state index contributed by atoms with van der Waals surface area (Å²) >= 11 is 0. The molecule has 0 saturated carbocycles. The summed E-state index contributed by atoms with van der Waals surface area (Å²) in [5.41, 5.74) is 16.1. The van der Waals surface area contributed by atoms with Gasteiger partial charge in [-0.15, -0.1) is 0 Å². The maximum absolute atomic E-state index is 2.46. The number of hydrogen-bond acceptors (Lipinski definition) is 0. The number of hydrogen-bond donors (Lipinski definition) is 0. The van der Waals surface area contributed by atoms with Gasteiger partial charge in [-0.3, -0.25) is 0 Å². The summed E-state index contributed by atoms with van der Waals surface area (Å²) in [6.45, 7) is 18.6. The molecule has 0 fully saturated rings. The molecule has 0 bridgehead atoms. The molecule has 1 aliphatic carbocycles. The Bertz CT molecular complexity index is 2610. The van der Waals surface area contributed by atoms with Crippen molar-refractivity contribution in [3.05, 3.63) is 156 Å². The van der Waals surface area contributed by atoms with Gasteiger partial charge in [0.1, 0.15) is 0 Å². The van der Waals surface area contributed by atoms with Crippen molar-refractivity contribution in [3.8, 4) is 44.5 Å². The molecular formula is C51H46. The van der Waals surface area contributed by atoms with Crippen LogP contribution in [0.15, 0.2) is 133 Å². The van der Waals surface area contributed by atoms with Crippen LogP contribution in [0.4, 0.5) is 0 Å². The highest BCUT2D eigenvalue weighted by Crippen LogP contribution is 2.50. The summed E-state index contributed by atoms with van der Waals surface area (Å²) in [4.78, 5) is 0. The van der Waals surface area contributed by atoms with Crippen LogP contribution < -0.4 is 0 Å². The Kier molecular flexibility index (Phi) is 6.79. The van der Waals surface area contributed by atoms with Gasteiger partial charge in [0.25, 0.3) is 0 Å². The first-order chi connectivity index (χ1) is 24.3. The van der Waals surface area contributed by atoms with Crippen molar-refractivity contribution in [2.24, 2.45) is 0 Å². The molecule has 0 atom stereocenters. The van der Waals surface area contributed by atoms with Crippen molar-refractivity contribution in [2.75, 3.05) is 0 Å². The van der Waals surface area contributed by atoms with Crippen molar-refractivity contribution in [1.82, 2.24) is 0 Å². The predicted octanol–water partition coefficient (Wildman–Crippen LogP) is 14.5. The quantitative estimate of drug-likeness (QED) is 0.166. The third-order valence-corrected chi connectivity index (χ3v) is 11.7. The molecule has 0 heterocycles. The second kappa shape index (κ2) is 10.9. The summed E-state index contributed by atoms with van der Waals surface area (Å²) in [6.07, 6.45) is 0. The zero-order valence-electron chi connectivity index (χ0n) is 31.2. The molecule has 0 aromatic heterocycles. The molecule has 0 radical (unpaired) electrons. The van der Waals surface area contributed by atoms with Crippen LogP contribution >= 0.6 is 0 Å². The SMILES string of the molecule is CC(C)(C)c1cc2ccc3cc(C(C)(C)C)c(-c4ccc(-c5ccc(-c6ccc7c(c6)C(C)(C)c6ccccc6-7)cc5)cc4)c4ccc(c1)c2c34. The van der Waals surface area contributed by atoms with Gasteiger partial charge in [0, 0.05) is 5.41 Å². The van der Waals surface area contributed by atoms with Crippen LogP contribution in [0.25, 0.3) is 76.8 Å². The van der Waals surface area contributed by atoms with E-state index in [9.17, 15) is 0 Å². The molecule has 0 N–H and O–H groups in total. The van der Waals surface area contributed by atoms with Gasteiger partial charge in [-0.2, -0.15) is 0 Å². The van der Waals surface area contributed by atoms with Gasteiger partial charge in [0.2, 0.25) is 0 Å². The lowest BCUT2D eigenvalue weighted by Gasteiger charge is -2.27. The average molecular weight is 659 g/mol. The fourth-order valence-electron chi connectivity index (χ4n) is 8.80. The Morgan fingerprint density at radius 3 is 1.53 bits per heavy atom. The predicted molar refractivity (Wildman–Crippen MR) is 221 cm³/mol. The summed E-state index contributed by atoms with van der Waals surface area (Å²) in [5, 5.41) is 8.10. The van der Waals surface area contributed by atoms with Gasteiger partial charge >= 0.3 is 0 Å². The second-order valence-electron chi connectivity index (χ2n) is 17.5. The molecule has 1 aliphatic rings. The molecule has 0 aliphatic heterocycles. The van der Waals surface area contributed by atoms with E-state index >= 15 is 0 Å². The van der Waals surface area contributed by atoms with Gasteiger partial charge in [-0.25, -0.2) is 0 Å². The smallest absolute Gasteiger partial charge is 0.0159 e. The maximum Gasteiger partial charge on any atom is 0.0159 e. The van der Waals surface area contributed by atoms with E-state index in [1.54, 1.807) is 0 Å². The van der Waals surface area contributed by atoms with E-state index in [0.29, 0.717) is 0 Å². The molecule has 0 saturated heterocycles. The maximum atomic E-state index is 2.46. The first-order valence-electron chi connectivity index (χ1n) is 18.5. The van der Waals surface area contributed by atoms with E-state index in [-0.39, 0.29) is 16.2 Å². The molecule has 9 rings (SSSR count). The van der Waals surface area contributed by atoms with E-state index in [1.807, 2.05) is 0 Å². The Morgan fingerprint density at radius 1 is 0.412 bits per heavy atom. The van der Waals surface area contributed by atoms with Crippen LogP contribution in [0.3, 0.4) is 0 Å². The second-order valence-corrected chi connectivity index (χ2v) is 17.5. The third kappa shape index (κ3) is 4.95. The van der Waals surface area contributed by atoms with E-state index in [4.69, 9.17) is 0 Å². The highest BCUT2D eigenvalue weighted by atomic mass is 14.4. The van der Waals surface area contributed by atoms with Crippen LogP contribution in [-0.2, 0) is 16.2 Å². The summed E-state index contributed by atoms with van der Waals surface area (Å²) < 4.78 is 0. The van der Waals surface area contributed by atoms with Gasteiger partial charge in [0.15, 0.2) is 0 Å². The van der Waals surface area contributed by atoms with Crippen LogP contribution in [0, 0.1) is 0 Å². The van der Waals surface area contributed by atoms with Crippen molar-refractivity contribution in [2.45, 2.75) is 71.6 Å². The van der Waals surface area contributed by atoms with Gasteiger partial charge < -0.3 is 0 Å². The van der Waals surface area contributed by atoms with E-state index < -0.39 is 0 Å². The third-order valence-electron chi connectivity index (χ3n) is 11.7. The topological polar surface area (TPSA) is 0 Å². The van der Waals surface area contributed by atoms with Gasteiger partial charge in [-0.1, -0.05) is 177 Å². The van der Waals surface area contributed by atoms with Crippen molar-refractivity contribution < 1.29 is 0 Å². The normalized spacial score (nSPS) is 14.0. The lowest BCUT2D eigenvalue weighted by molar-refractivity contribution is 0.591. The highest BCUT2D eigenvalue weighted by Gasteiger charge is 2.35. The minimum Gasteiger partial charge on any atom is -0.0619 e. The molecule has 8 aromatic carbocycles. The number of benzene rings is 8. The summed E-state index contributed by atoms with van der Waals surface area (Å²) in [5.74, 6) is 0.